The standard InChI is InChI=1S/C17H22/c1-15(2)11-7-4-5-8-12-16(3)17-13-9-6-10-14-17/h4-16H,1-3H3/b5-4-,11-7-,12-8+. The van der Waals surface area contributed by atoms with Crippen LogP contribution in [0.25, 0.3) is 0 Å². The van der Waals surface area contributed by atoms with Crippen molar-refractivity contribution in [2.24, 2.45) is 5.92 Å². The summed E-state index contributed by atoms with van der Waals surface area (Å²) in [5.41, 5.74) is 1.36. The molecule has 90 valence electrons. The highest BCUT2D eigenvalue weighted by Gasteiger charge is 1.97. The molecule has 0 aliphatic rings. The Labute approximate surface area is 105 Å². The average Bonchev–Trinajstić information content (AvgIpc) is 2.34. The zero-order valence-electron chi connectivity index (χ0n) is 11.0. The van der Waals surface area contributed by atoms with Crippen LogP contribution in [-0.2, 0) is 0 Å². The van der Waals surface area contributed by atoms with Gasteiger partial charge >= 0.3 is 0 Å². The first-order valence-electron chi connectivity index (χ1n) is 6.26. The molecule has 0 aliphatic carbocycles. The van der Waals surface area contributed by atoms with E-state index in [4.69, 9.17) is 0 Å². The highest BCUT2D eigenvalue weighted by Crippen LogP contribution is 2.15. The third kappa shape index (κ3) is 5.91. The molecule has 1 atom stereocenters. The number of rotatable bonds is 5. The summed E-state index contributed by atoms with van der Waals surface area (Å²) in [6.07, 6.45) is 12.8. The fraction of sp³-hybridized carbons (Fsp3) is 0.294. The molecule has 0 spiro atoms. The van der Waals surface area contributed by atoms with Crippen molar-refractivity contribution >= 4 is 0 Å². The van der Waals surface area contributed by atoms with Crippen LogP contribution < -0.4 is 0 Å². The number of allylic oxidation sites excluding steroid dienone is 6. The first-order valence-corrected chi connectivity index (χ1v) is 6.26. The molecule has 0 aromatic heterocycles. The van der Waals surface area contributed by atoms with Crippen molar-refractivity contribution in [2.75, 3.05) is 0 Å². The summed E-state index contributed by atoms with van der Waals surface area (Å²) in [4.78, 5) is 0. The topological polar surface area (TPSA) is 0 Å². The minimum absolute atomic E-state index is 0.468. The first kappa shape index (κ1) is 13.5. The minimum Gasteiger partial charge on any atom is -0.0820 e. The van der Waals surface area contributed by atoms with E-state index in [0.29, 0.717) is 11.8 Å². The van der Waals surface area contributed by atoms with Crippen molar-refractivity contribution in [3.63, 3.8) is 0 Å². The van der Waals surface area contributed by atoms with Crippen LogP contribution in [0.3, 0.4) is 0 Å². The molecule has 1 unspecified atom stereocenters. The lowest BCUT2D eigenvalue weighted by atomic mass is 10.0. The normalized spacial score (nSPS) is 14.4. The lowest BCUT2D eigenvalue weighted by Gasteiger charge is -2.04. The molecular formula is C17H22. The zero-order chi connectivity index (χ0) is 12.5. The summed E-state index contributed by atoms with van der Waals surface area (Å²) in [6, 6.07) is 10.5. The SMILES string of the molecule is CC(C)\C=C/C=C\C=C\C(C)c1ccccc1. The van der Waals surface area contributed by atoms with E-state index in [2.05, 4.69) is 87.6 Å². The molecule has 1 rings (SSSR count). The molecule has 0 heterocycles. The van der Waals surface area contributed by atoms with Crippen molar-refractivity contribution in [1.82, 2.24) is 0 Å². The molecule has 0 N–H and O–H groups in total. The Morgan fingerprint density at radius 3 is 1.94 bits per heavy atom. The summed E-state index contributed by atoms with van der Waals surface area (Å²) < 4.78 is 0. The lowest BCUT2D eigenvalue weighted by Crippen LogP contribution is -1.86. The molecule has 1 aromatic rings. The van der Waals surface area contributed by atoms with Gasteiger partial charge in [0, 0.05) is 0 Å². The van der Waals surface area contributed by atoms with Crippen LogP contribution in [0.1, 0.15) is 32.3 Å². The van der Waals surface area contributed by atoms with Gasteiger partial charge in [-0.3, -0.25) is 0 Å². The fourth-order valence-electron chi connectivity index (χ4n) is 1.51. The van der Waals surface area contributed by atoms with Gasteiger partial charge in [0.25, 0.3) is 0 Å². The molecule has 1 aromatic carbocycles. The van der Waals surface area contributed by atoms with Gasteiger partial charge in [-0.1, -0.05) is 87.6 Å². The lowest BCUT2D eigenvalue weighted by molar-refractivity contribution is 0.832. The molecule has 0 amide bonds. The average molecular weight is 226 g/mol. The summed E-state index contributed by atoms with van der Waals surface area (Å²) in [5, 5.41) is 0. The van der Waals surface area contributed by atoms with Gasteiger partial charge in [0.05, 0.1) is 0 Å². The number of benzene rings is 1. The highest BCUT2D eigenvalue weighted by atomic mass is 14.0. The highest BCUT2D eigenvalue weighted by molar-refractivity contribution is 5.24. The van der Waals surface area contributed by atoms with E-state index < -0.39 is 0 Å². The third-order valence-corrected chi connectivity index (χ3v) is 2.55. The third-order valence-electron chi connectivity index (χ3n) is 2.55. The summed E-state index contributed by atoms with van der Waals surface area (Å²) >= 11 is 0. The van der Waals surface area contributed by atoms with Crippen LogP contribution in [0.15, 0.2) is 66.8 Å². The second-order valence-electron chi connectivity index (χ2n) is 4.60. The van der Waals surface area contributed by atoms with E-state index in [-0.39, 0.29) is 0 Å². The van der Waals surface area contributed by atoms with Gasteiger partial charge in [-0.25, -0.2) is 0 Å². The quantitative estimate of drug-likeness (QED) is 0.612. The predicted molar refractivity (Wildman–Crippen MR) is 77.1 cm³/mol. The molecular weight excluding hydrogens is 204 g/mol. The van der Waals surface area contributed by atoms with Crippen LogP contribution in [0, 0.1) is 5.92 Å². The van der Waals surface area contributed by atoms with E-state index in [1.807, 2.05) is 0 Å². The molecule has 17 heavy (non-hydrogen) atoms. The maximum Gasteiger partial charge on any atom is -0.000732 e. The Balaban J connectivity index is 2.44. The Morgan fingerprint density at radius 2 is 1.35 bits per heavy atom. The second-order valence-corrected chi connectivity index (χ2v) is 4.60. The monoisotopic (exact) mass is 226 g/mol. The smallest absolute Gasteiger partial charge is 0.000732 e. The second kappa shape index (κ2) is 7.67. The van der Waals surface area contributed by atoms with Gasteiger partial charge in [0.2, 0.25) is 0 Å². The molecule has 0 saturated heterocycles. The number of hydrogen-bond donors (Lipinski definition) is 0. The zero-order valence-corrected chi connectivity index (χ0v) is 11.0. The van der Waals surface area contributed by atoms with Crippen molar-refractivity contribution < 1.29 is 0 Å². The fourth-order valence-corrected chi connectivity index (χ4v) is 1.51. The van der Waals surface area contributed by atoms with Gasteiger partial charge < -0.3 is 0 Å². The summed E-state index contributed by atoms with van der Waals surface area (Å²) in [5.74, 6) is 1.09. The van der Waals surface area contributed by atoms with E-state index in [9.17, 15) is 0 Å². The molecule has 0 saturated carbocycles. The van der Waals surface area contributed by atoms with Crippen molar-refractivity contribution in [2.45, 2.75) is 26.7 Å². The van der Waals surface area contributed by atoms with E-state index >= 15 is 0 Å². The molecule has 0 aliphatic heterocycles. The van der Waals surface area contributed by atoms with Gasteiger partial charge in [-0.05, 0) is 17.4 Å². The van der Waals surface area contributed by atoms with E-state index in [1.54, 1.807) is 0 Å². The maximum atomic E-state index is 2.22. The Kier molecular flexibility index (Phi) is 6.09. The van der Waals surface area contributed by atoms with Crippen molar-refractivity contribution in [1.29, 1.82) is 0 Å². The van der Waals surface area contributed by atoms with Gasteiger partial charge in [0.1, 0.15) is 0 Å². The summed E-state index contributed by atoms with van der Waals surface area (Å²) in [6.45, 7) is 6.57. The van der Waals surface area contributed by atoms with Crippen molar-refractivity contribution in [3.8, 4) is 0 Å². The Morgan fingerprint density at radius 1 is 0.765 bits per heavy atom. The predicted octanol–water partition coefficient (Wildman–Crippen LogP) is 5.11. The molecule has 0 bridgehead atoms. The van der Waals surface area contributed by atoms with Crippen LogP contribution in [0.4, 0.5) is 0 Å². The summed E-state index contributed by atoms with van der Waals surface area (Å²) in [7, 11) is 0. The van der Waals surface area contributed by atoms with Crippen LogP contribution in [0.5, 0.6) is 0 Å². The maximum absolute atomic E-state index is 2.22. The molecule has 0 nitrogen and oxygen atoms in total. The molecule has 0 fully saturated rings. The minimum atomic E-state index is 0.468. The van der Waals surface area contributed by atoms with E-state index in [0.717, 1.165) is 0 Å². The van der Waals surface area contributed by atoms with Crippen molar-refractivity contribution in [3.05, 3.63) is 72.4 Å². The first-order chi connectivity index (χ1) is 8.20. The van der Waals surface area contributed by atoms with E-state index in [1.165, 1.54) is 5.56 Å². The Hall–Kier alpha value is -1.56. The largest absolute Gasteiger partial charge is 0.0820 e. The molecule has 0 radical (unpaired) electrons. The number of hydrogen-bond acceptors (Lipinski definition) is 0. The van der Waals surface area contributed by atoms with Crippen LogP contribution in [0.2, 0.25) is 0 Å². The molecule has 0 heteroatoms. The van der Waals surface area contributed by atoms with Gasteiger partial charge in [-0.15, -0.1) is 0 Å². The Bertz CT molecular complexity index is 380. The van der Waals surface area contributed by atoms with Crippen LogP contribution >= 0.6 is 0 Å². The van der Waals surface area contributed by atoms with Gasteiger partial charge in [0.15, 0.2) is 0 Å². The van der Waals surface area contributed by atoms with Crippen LogP contribution in [-0.4, -0.2) is 0 Å². The van der Waals surface area contributed by atoms with Gasteiger partial charge in [-0.2, -0.15) is 0 Å².